The van der Waals surface area contributed by atoms with Crippen molar-refractivity contribution in [2.24, 2.45) is 4.99 Å². The van der Waals surface area contributed by atoms with Crippen LogP contribution in [0.3, 0.4) is 0 Å². The van der Waals surface area contributed by atoms with Crippen LogP contribution in [-0.2, 0) is 11.3 Å². The van der Waals surface area contributed by atoms with Gasteiger partial charge in [0.1, 0.15) is 18.1 Å². The van der Waals surface area contributed by atoms with Gasteiger partial charge in [-0.3, -0.25) is 9.98 Å². The number of pyridine rings is 1. The van der Waals surface area contributed by atoms with Gasteiger partial charge in [-0.1, -0.05) is 0 Å². The Morgan fingerprint density at radius 1 is 1.41 bits per heavy atom. The first-order valence-electron chi connectivity index (χ1n) is 5.33. The Kier molecular flexibility index (Phi) is 3.67. The summed E-state index contributed by atoms with van der Waals surface area (Å²) in [6.07, 6.45) is 3.43. The SMILES string of the molecule is COCc1ccc(C=Nc2cccnc2C)o1. The summed E-state index contributed by atoms with van der Waals surface area (Å²) in [4.78, 5) is 8.49. The minimum Gasteiger partial charge on any atom is -0.458 e. The predicted molar refractivity (Wildman–Crippen MR) is 65.6 cm³/mol. The lowest BCUT2D eigenvalue weighted by Crippen LogP contribution is -1.83. The molecule has 0 saturated carbocycles. The van der Waals surface area contributed by atoms with Gasteiger partial charge in [0.15, 0.2) is 0 Å². The first-order valence-corrected chi connectivity index (χ1v) is 5.33. The molecule has 88 valence electrons. The van der Waals surface area contributed by atoms with Crippen LogP contribution in [0, 0.1) is 6.92 Å². The molecule has 2 aromatic heterocycles. The van der Waals surface area contributed by atoms with Crippen molar-refractivity contribution >= 4 is 11.9 Å². The molecule has 0 N–H and O–H groups in total. The second-order valence-corrected chi connectivity index (χ2v) is 3.60. The fourth-order valence-corrected chi connectivity index (χ4v) is 1.43. The Labute approximate surface area is 100.0 Å². The number of hydrogen-bond donors (Lipinski definition) is 0. The molecule has 0 fully saturated rings. The molecule has 2 aromatic rings. The van der Waals surface area contributed by atoms with Crippen LogP contribution in [0.5, 0.6) is 0 Å². The monoisotopic (exact) mass is 230 g/mol. The van der Waals surface area contributed by atoms with Gasteiger partial charge in [0.2, 0.25) is 0 Å². The minimum absolute atomic E-state index is 0.472. The van der Waals surface area contributed by atoms with Crippen LogP contribution in [0.25, 0.3) is 0 Å². The molecular weight excluding hydrogens is 216 g/mol. The van der Waals surface area contributed by atoms with Crippen molar-refractivity contribution in [3.05, 3.63) is 47.7 Å². The average Bonchev–Trinajstić information content (AvgIpc) is 2.76. The zero-order valence-corrected chi connectivity index (χ0v) is 9.88. The summed E-state index contributed by atoms with van der Waals surface area (Å²) in [5.74, 6) is 1.50. The van der Waals surface area contributed by atoms with Crippen LogP contribution in [0.15, 0.2) is 39.9 Å². The van der Waals surface area contributed by atoms with E-state index in [9.17, 15) is 0 Å². The van der Waals surface area contributed by atoms with E-state index in [-0.39, 0.29) is 0 Å². The van der Waals surface area contributed by atoms with Crippen LogP contribution >= 0.6 is 0 Å². The average molecular weight is 230 g/mol. The summed E-state index contributed by atoms with van der Waals surface area (Å²) < 4.78 is 10.5. The van der Waals surface area contributed by atoms with Crippen molar-refractivity contribution in [2.75, 3.05) is 7.11 Å². The Balaban J connectivity index is 2.12. The van der Waals surface area contributed by atoms with Gasteiger partial charge in [-0.15, -0.1) is 0 Å². The van der Waals surface area contributed by atoms with E-state index in [1.165, 1.54) is 0 Å². The largest absolute Gasteiger partial charge is 0.458 e. The number of nitrogens with zero attached hydrogens (tertiary/aromatic N) is 2. The molecule has 0 unspecified atom stereocenters. The molecule has 0 aliphatic heterocycles. The van der Waals surface area contributed by atoms with Crippen molar-refractivity contribution in [1.82, 2.24) is 4.98 Å². The summed E-state index contributed by atoms with van der Waals surface area (Å²) in [5.41, 5.74) is 1.74. The van der Waals surface area contributed by atoms with Gasteiger partial charge in [-0.2, -0.15) is 0 Å². The Bertz CT molecular complexity index is 518. The maximum atomic E-state index is 5.49. The highest BCUT2D eigenvalue weighted by Gasteiger charge is 1.99. The molecule has 0 amide bonds. The number of aliphatic imine (C=N–C) groups is 1. The highest BCUT2D eigenvalue weighted by Crippen LogP contribution is 2.15. The molecule has 4 nitrogen and oxygen atoms in total. The number of aromatic nitrogens is 1. The molecule has 0 saturated heterocycles. The van der Waals surface area contributed by atoms with Crippen LogP contribution < -0.4 is 0 Å². The van der Waals surface area contributed by atoms with E-state index in [1.807, 2.05) is 31.2 Å². The summed E-state index contributed by atoms with van der Waals surface area (Å²) in [5, 5.41) is 0. The fraction of sp³-hybridized carbons (Fsp3) is 0.231. The van der Waals surface area contributed by atoms with Gasteiger partial charge < -0.3 is 9.15 Å². The molecule has 17 heavy (non-hydrogen) atoms. The van der Waals surface area contributed by atoms with Gasteiger partial charge >= 0.3 is 0 Å². The third-order valence-electron chi connectivity index (χ3n) is 2.28. The summed E-state index contributed by atoms with van der Waals surface area (Å²) in [6, 6.07) is 7.51. The van der Waals surface area contributed by atoms with E-state index in [0.29, 0.717) is 12.4 Å². The molecule has 2 rings (SSSR count). The molecule has 0 aliphatic carbocycles. The van der Waals surface area contributed by atoms with E-state index in [2.05, 4.69) is 9.98 Å². The van der Waals surface area contributed by atoms with E-state index in [1.54, 1.807) is 19.5 Å². The van der Waals surface area contributed by atoms with Gasteiger partial charge in [0, 0.05) is 13.3 Å². The Morgan fingerprint density at radius 3 is 3.06 bits per heavy atom. The van der Waals surface area contributed by atoms with Crippen LogP contribution in [0.2, 0.25) is 0 Å². The lowest BCUT2D eigenvalue weighted by atomic mass is 10.3. The van der Waals surface area contributed by atoms with Crippen molar-refractivity contribution in [1.29, 1.82) is 0 Å². The van der Waals surface area contributed by atoms with Crippen molar-refractivity contribution in [3.63, 3.8) is 0 Å². The van der Waals surface area contributed by atoms with Gasteiger partial charge in [0.25, 0.3) is 0 Å². The van der Waals surface area contributed by atoms with Gasteiger partial charge in [-0.05, 0) is 31.2 Å². The van der Waals surface area contributed by atoms with E-state index in [4.69, 9.17) is 9.15 Å². The molecule has 4 heteroatoms. The first kappa shape index (κ1) is 11.5. The Morgan fingerprint density at radius 2 is 2.29 bits per heavy atom. The second-order valence-electron chi connectivity index (χ2n) is 3.60. The van der Waals surface area contributed by atoms with Crippen LogP contribution in [0.4, 0.5) is 5.69 Å². The summed E-state index contributed by atoms with van der Waals surface area (Å²) >= 11 is 0. The maximum Gasteiger partial charge on any atom is 0.145 e. The quantitative estimate of drug-likeness (QED) is 0.759. The number of rotatable bonds is 4. The summed E-state index contributed by atoms with van der Waals surface area (Å²) in [7, 11) is 1.63. The fourth-order valence-electron chi connectivity index (χ4n) is 1.43. The number of furan rings is 1. The lowest BCUT2D eigenvalue weighted by Gasteiger charge is -1.96. The molecule has 0 aliphatic rings. The number of hydrogen-bond acceptors (Lipinski definition) is 4. The minimum atomic E-state index is 0.472. The van der Waals surface area contributed by atoms with Crippen LogP contribution in [0.1, 0.15) is 17.2 Å². The van der Waals surface area contributed by atoms with Crippen molar-refractivity contribution < 1.29 is 9.15 Å². The third-order valence-corrected chi connectivity index (χ3v) is 2.28. The molecule has 0 spiro atoms. The highest BCUT2D eigenvalue weighted by atomic mass is 16.5. The topological polar surface area (TPSA) is 47.6 Å². The number of aryl methyl sites for hydroxylation is 1. The van der Waals surface area contributed by atoms with Crippen molar-refractivity contribution in [3.8, 4) is 0 Å². The van der Waals surface area contributed by atoms with Crippen molar-refractivity contribution in [2.45, 2.75) is 13.5 Å². The molecule has 0 aromatic carbocycles. The van der Waals surface area contributed by atoms with Gasteiger partial charge in [0.05, 0.1) is 17.6 Å². The van der Waals surface area contributed by atoms with E-state index >= 15 is 0 Å². The molecule has 0 bridgehead atoms. The smallest absolute Gasteiger partial charge is 0.145 e. The maximum absolute atomic E-state index is 5.49. The standard InChI is InChI=1S/C13H14N2O2/c1-10-13(4-3-7-14-10)15-8-11-5-6-12(17-11)9-16-2/h3-8H,9H2,1-2H3. The normalized spacial score (nSPS) is 11.2. The second kappa shape index (κ2) is 5.41. The molecule has 0 radical (unpaired) electrons. The first-order chi connectivity index (χ1) is 8.29. The third kappa shape index (κ3) is 3.01. The summed E-state index contributed by atoms with van der Waals surface area (Å²) in [6.45, 7) is 2.39. The predicted octanol–water partition coefficient (Wildman–Crippen LogP) is 2.88. The van der Waals surface area contributed by atoms with Crippen LogP contribution in [-0.4, -0.2) is 18.3 Å². The number of methoxy groups -OCH3 is 1. The Hall–Kier alpha value is -1.94. The number of ether oxygens (including phenoxy) is 1. The van der Waals surface area contributed by atoms with E-state index < -0.39 is 0 Å². The van der Waals surface area contributed by atoms with E-state index in [0.717, 1.165) is 17.1 Å². The van der Waals surface area contributed by atoms with Gasteiger partial charge in [-0.25, -0.2) is 0 Å². The molecule has 0 atom stereocenters. The zero-order valence-electron chi connectivity index (χ0n) is 9.88. The highest BCUT2D eigenvalue weighted by molar-refractivity contribution is 5.78. The lowest BCUT2D eigenvalue weighted by molar-refractivity contribution is 0.164. The molecule has 2 heterocycles. The zero-order chi connectivity index (χ0) is 12.1. The molecular formula is C13H14N2O2.